The number of ether oxygens (including phenoxy) is 1. The number of aromatic nitrogens is 3. The Morgan fingerprint density at radius 1 is 1.46 bits per heavy atom. The van der Waals surface area contributed by atoms with E-state index in [0.29, 0.717) is 17.2 Å². The van der Waals surface area contributed by atoms with Crippen molar-refractivity contribution in [3.63, 3.8) is 0 Å². The van der Waals surface area contributed by atoms with Crippen molar-refractivity contribution in [1.82, 2.24) is 24.4 Å². The van der Waals surface area contributed by atoms with Crippen molar-refractivity contribution in [3.05, 3.63) is 28.7 Å². The lowest BCUT2D eigenvalue weighted by atomic mass is 10.2. The van der Waals surface area contributed by atoms with E-state index in [1.54, 1.807) is 28.9 Å². The monoisotopic (exact) mass is 351 g/mol. The molecule has 0 spiro atoms. The summed E-state index contributed by atoms with van der Waals surface area (Å²) in [5.74, 6) is -0.191. The molecule has 0 unspecified atom stereocenters. The summed E-state index contributed by atoms with van der Waals surface area (Å²) in [7, 11) is 1.78. The van der Waals surface area contributed by atoms with Gasteiger partial charge in [0.1, 0.15) is 5.02 Å². The molecule has 2 aromatic heterocycles. The van der Waals surface area contributed by atoms with Gasteiger partial charge >= 0.3 is 0 Å². The van der Waals surface area contributed by atoms with Crippen molar-refractivity contribution in [2.24, 2.45) is 0 Å². The fraction of sp³-hybridized carbons (Fsp3) is 0.562. The molecule has 1 saturated heterocycles. The van der Waals surface area contributed by atoms with Crippen LogP contribution < -0.4 is 0 Å². The second-order valence-corrected chi connectivity index (χ2v) is 6.62. The number of aryl methyl sites for hydroxylation is 1. The number of morpholine rings is 1. The molecule has 8 heteroatoms. The summed E-state index contributed by atoms with van der Waals surface area (Å²) in [6.07, 6.45) is 3.52. The molecule has 2 aromatic rings. The lowest BCUT2D eigenvalue weighted by molar-refractivity contribution is 0.0142. The average Bonchev–Trinajstić information content (AvgIpc) is 2.90. The molecule has 24 heavy (non-hydrogen) atoms. The van der Waals surface area contributed by atoms with Crippen LogP contribution in [0.4, 0.5) is 0 Å². The number of rotatable bonds is 4. The van der Waals surface area contributed by atoms with E-state index in [2.05, 4.69) is 21.9 Å². The Kier molecular flexibility index (Phi) is 5.03. The first kappa shape index (κ1) is 17.1. The van der Waals surface area contributed by atoms with E-state index in [9.17, 15) is 4.79 Å². The van der Waals surface area contributed by atoms with Crippen LogP contribution in [0.15, 0.2) is 12.4 Å². The summed E-state index contributed by atoms with van der Waals surface area (Å²) in [6, 6.07) is 0.249. The van der Waals surface area contributed by atoms with Crippen molar-refractivity contribution in [1.29, 1.82) is 0 Å². The summed E-state index contributed by atoms with van der Waals surface area (Å²) < 4.78 is 6.93. The van der Waals surface area contributed by atoms with Crippen LogP contribution in [0.3, 0.4) is 0 Å². The number of likely N-dealkylation sites (N-methyl/N-ethyl adjacent to an activating group) is 1. The number of nitrogens with zero attached hydrogens (tertiary/aromatic N) is 5. The van der Waals surface area contributed by atoms with Gasteiger partial charge < -0.3 is 9.64 Å². The Hall–Kier alpha value is -1.70. The van der Waals surface area contributed by atoms with Gasteiger partial charge in [0.05, 0.1) is 13.2 Å². The third-order valence-electron chi connectivity index (χ3n) is 4.30. The first-order valence-electron chi connectivity index (χ1n) is 8.05. The molecule has 0 radical (unpaired) electrons. The summed E-state index contributed by atoms with van der Waals surface area (Å²) >= 11 is 6.31. The fourth-order valence-corrected chi connectivity index (χ4v) is 3.18. The molecule has 1 aliphatic heterocycles. The number of fused-ring (bicyclic) bond motifs is 1. The van der Waals surface area contributed by atoms with Gasteiger partial charge in [0, 0.05) is 45.1 Å². The second-order valence-electron chi connectivity index (χ2n) is 6.25. The van der Waals surface area contributed by atoms with Crippen LogP contribution in [-0.2, 0) is 4.74 Å². The zero-order chi connectivity index (χ0) is 17.3. The minimum Gasteiger partial charge on any atom is -0.379 e. The van der Waals surface area contributed by atoms with Crippen molar-refractivity contribution in [3.8, 4) is 0 Å². The molecule has 0 aliphatic carbocycles. The van der Waals surface area contributed by atoms with Gasteiger partial charge in [-0.2, -0.15) is 5.10 Å². The topological polar surface area (TPSA) is 63.0 Å². The normalized spacial score (nSPS) is 17.2. The highest BCUT2D eigenvalue weighted by Gasteiger charge is 2.25. The van der Waals surface area contributed by atoms with Crippen LogP contribution in [-0.4, -0.2) is 76.2 Å². The SMILES string of the molecule is Cc1cnc2c(Cl)c(C(=O)N(C)C[C@@H](C)N3CCOCC3)nn2c1. The van der Waals surface area contributed by atoms with Crippen LogP contribution in [0.1, 0.15) is 23.0 Å². The number of carbonyl (C=O) groups is 1. The molecule has 3 heterocycles. The van der Waals surface area contributed by atoms with E-state index in [1.807, 2.05) is 6.92 Å². The summed E-state index contributed by atoms with van der Waals surface area (Å²) in [6.45, 7) is 7.90. The fourth-order valence-electron chi connectivity index (χ4n) is 2.93. The molecular formula is C16H22ClN5O2. The smallest absolute Gasteiger partial charge is 0.275 e. The molecule has 1 fully saturated rings. The summed E-state index contributed by atoms with van der Waals surface area (Å²) in [5, 5.41) is 4.61. The Morgan fingerprint density at radius 3 is 2.88 bits per heavy atom. The first-order valence-corrected chi connectivity index (χ1v) is 8.43. The maximum atomic E-state index is 12.7. The quantitative estimate of drug-likeness (QED) is 0.835. The highest BCUT2D eigenvalue weighted by Crippen LogP contribution is 2.21. The minimum absolute atomic E-state index is 0.191. The van der Waals surface area contributed by atoms with Gasteiger partial charge in [0.2, 0.25) is 0 Å². The standard InChI is InChI=1S/C16H22ClN5O2/c1-11-8-18-15-13(17)14(19-22(15)9-11)16(23)20(3)10-12(2)21-4-6-24-7-5-21/h8-9,12H,4-7,10H2,1-3H3/t12-/m1/s1. The van der Waals surface area contributed by atoms with E-state index < -0.39 is 0 Å². The molecule has 7 nitrogen and oxygen atoms in total. The highest BCUT2D eigenvalue weighted by molar-refractivity contribution is 6.36. The molecule has 0 bridgehead atoms. The lowest BCUT2D eigenvalue weighted by Crippen LogP contribution is -2.47. The van der Waals surface area contributed by atoms with E-state index in [4.69, 9.17) is 16.3 Å². The third kappa shape index (κ3) is 3.38. The molecule has 0 saturated carbocycles. The molecule has 1 aliphatic rings. The van der Waals surface area contributed by atoms with Gasteiger partial charge in [0.25, 0.3) is 5.91 Å². The molecule has 1 amide bonds. The second kappa shape index (κ2) is 7.04. The molecular weight excluding hydrogens is 330 g/mol. The number of carbonyl (C=O) groups excluding carboxylic acids is 1. The van der Waals surface area contributed by atoms with Gasteiger partial charge in [-0.05, 0) is 19.4 Å². The van der Waals surface area contributed by atoms with Crippen LogP contribution in [0.2, 0.25) is 5.02 Å². The van der Waals surface area contributed by atoms with Gasteiger partial charge in [-0.25, -0.2) is 9.50 Å². The number of hydrogen-bond acceptors (Lipinski definition) is 5. The molecule has 1 atom stereocenters. The van der Waals surface area contributed by atoms with E-state index in [1.165, 1.54) is 0 Å². The summed E-state index contributed by atoms with van der Waals surface area (Å²) in [5.41, 5.74) is 1.70. The van der Waals surface area contributed by atoms with Crippen molar-refractivity contribution in [2.45, 2.75) is 19.9 Å². The minimum atomic E-state index is -0.191. The van der Waals surface area contributed by atoms with Crippen molar-refractivity contribution >= 4 is 23.2 Å². The van der Waals surface area contributed by atoms with E-state index in [-0.39, 0.29) is 17.6 Å². The average molecular weight is 352 g/mol. The van der Waals surface area contributed by atoms with Crippen molar-refractivity contribution in [2.75, 3.05) is 39.9 Å². The van der Waals surface area contributed by atoms with E-state index in [0.717, 1.165) is 31.9 Å². The van der Waals surface area contributed by atoms with Crippen molar-refractivity contribution < 1.29 is 9.53 Å². The Bertz CT molecular complexity index is 741. The number of amides is 1. The van der Waals surface area contributed by atoms with Crippen LogP contribution in [0, 0.1) is 6.92 Å². The molecule has 130 valence electrons. The Labute approximate surface area is 146 Å². The van der Waals surface area contributed by atoms with Gasteiger partial charge in [-0.15, -0.1) is 0 Å². The first-order chi connectivity index (χ1) is 11.5. The Morgan fingerprint density at radius 2 is 2.17 bits per heavy atom. The van der Waals surface area contributed by atoms with Crippen LogP contribution >= 0.6 is 11.6 Å². The zero-order valence-electron chi connectivity index (χ0n) is 14.2. The van der Waals surface area contributed by atoms with Gasteiger partial charge in [-0.1, -0.05) is 11.6 Å². The highest BCUT2D eigenvalue weighted by atomic mass is 35.5. The lowest BCUT2D eigenvalue weighted by Gasteiger charge is -2.34. The van der Waals surface area contributed by atoms with E-state index >= 15 is 0 Å². The van der Waals surface area contributed by atoms with Crippen LogP contribution in [0.5, 0.6) is 0 Å². The third-order valence-corrected chi connectivity index (χ3v) is 4.65. The molecule has 0 aromatic carbocycles. The predicted octanol–water partition coefficient (Wildman–Crippen LogP) is 1.48. The van der Waals surface area contributed by atoms with Gasteiger partial charge in [0.15, 0.2) is 11.3 Å². The Balaban J connectivity index is 1.74. The molecule has 3 rings (SSSR count). The maximum Gasteiger partial charge on any atom is 0.275 e. The zero-order valence-corrected chi connectivity index (χ0v) is 15.0. The number of hydrogen-bond donors (Lipinski definition) is 0. The van der Waals surface area contributed by atoms with Crippen LogP contribution in [0.25, 0.3) is 5.65 Å². The largest absolute Gasteiger partial charge is 0.379 e. The molecule has 0 N–H and O–H groups in total. The predicted molar refractivity (Wildman–Crippen MR) is 91.5 cm³/mol. The number of halogens is 1. The summed E-state index contributed by atoms with van der Waals surface area (Å²) in [4.78, 5) is 21.0. The van der Waals surface area contributed by atoms with Gasteiger partial charge in [-0.3, -0.25) is 9.69 Å². The maximum absolute atomic E-state index is 12.7.